The number of para-hydroxylation sites is 1. The van der Waals surface area contributed by atoms with Gasteiger partial charge < -0.3 is 4.90 Å². The lowest BCUT2D eigenvalue weighted by atomic mass is 10.1. The maximum Gasteiger partial charge on any atom is 0.261 e. The molecule has 1 heterocycles. The smallest absolute Gasteiger partial charge is 0.261 e. The third-order valence-corrected chi connectivity index (χ3v) is 6.31. The Morgan fingerprint density at radius 3 is 2.37 bits per heavy atom. The molecular formula is C24H23N3O2S. The van der Waals surface area contributed by atoms with E-state index < -0.39 is 0 Å². The van der Waals surface area contributed by atoms with Gasteiger partial charge in [0.1, 0.15) is 0 Å². The Labute approximate surface area is 179 Å². The third kappa shape index (κ3) is 3.71. The fraction of sp³-hybridized carbons (Fsp3) is 0.208. The average molecular weight is 418 g/mol. The Hall–Kier alpha value is -3.12. The maximum absolute atomic E-state index is 13.1. The first-order chi connectivity index (χ1) is 14.5. The molecule has 152 valence electrons. The van der Waals surface area contributed by atoms with Crippen LogP contribution in [0.15, 0.2) is 76.7 Å². The molecule has 0 bridgehead atoms. The molecule has 0 fully saturated rings. The van der Waals surface area contributed by atoms with Crippen LogP contribution < -0.4 is 10.5 Å². The molecule has 0 radical (unpaired) electrons. The van der Waals surface area contributed by atoms with Gasteiger partial charge in [-0.05, 0) is 48.9 Å². The first kappa shape index (κ1) is 20.2. The summed E-state index contributed by atoms with van der Waals surface area (Å²) in [5.74, 6) is -0.0124. The van der Waals surface area contributed by atoms with Crippen LogP contribution >= 0.6 is 11.8 Å². The Kier molecular flexibility index (Phi) is 5.59. The fourth-order valence-corrected chi connectivity index (χ4v) is 4.48. The van der Waals surface area contributed by atoms with Crippen molar-refractivity contribution in [3.05, 3.63) is 77.1 Å². The van der Waals surface area contributed by atoms with E-state index in [1.807, 2.05) is 80.6 Å². The summed E-state index contributed by atoms with van der Waals surface area (Å²) in [6, 6.07) is 21.4. The summed E-state index contributed by atoms with van der Waals surface area (Å²) in [7, 11) is 1.71. The minimum Gasteiger partial charge on any atom is -0.312 e. The summed E-state index contributed by atoms with van der Waals surface area (Å²) >= 11 is 1.31. The molecule has 30 heavy (non-hydrogen) atoms. The fourth-order valence-electron chi connectivity index (χ4n) is 3.54. The molecule has 0 aliphatic heterocycles. The van der Waals surface area contributed by atoms with Gasteiger partial charge in [-0.3, -0.25) is 14.2 Å². The first-order valence-corrected chi connectivity index (χ1v) is 10.8. The lowest BCUT2D eigenvalue weighted by Gasteiger charge is -2.24. The van der Waals surface area contributed by atoms with Crippen molar-refractivity contribution in [1.82, 2.24) is 9.55 Å². The summed E-state index contributed by atoms with van der Waals surface area (Å²) in [4.78, 5) is 32.5. The zero-order valence-electron chi connectivity index (χ0n) is 17.2. The number of aromatic nitrogens is 2. The standard InChI is InChI=1S/C24H23N3O2S/c1-4-27(19-12-6-5-7-13-19)22(28)16(2)30-24-25-21-15-18-11-9-8-10-17(18)14-20(21)23(29)26(24)3/h5-16H,4H2,1-3H3/t16-/m0/s1. The second kappa shape index (κ2) is 8.32. The van der Waals surface area contributed by atoms with Crippen molar-refractivity contribution in [3.63, 3.8) is 0 Å². The highest BCUT2D eigenvalue weighted by Crippen LogP contribution is 2.26. The predicted octanol–water partition coefficient (Wildman–Crippen LogP) is 4.62. The summed E-state index contributed by atoms with van der Waals surface area (Å²) in [6.07, 6.45) is 0. The number of hydrogen-bond donors (Lipinski definition) is 0. The van der Waals surface area contributed by atoms with Gasteiger partial charge in [-0.15, -0.1) is 0 Å². The van der Waals surface area contributed by atoms with E-state index in [9.17, 15) is 9.59 Å². The Morgan fingerprint density at radius 2 is 1.70 bits per heavy atom. The molecule has 0 spiro atoms. The quantitative estimate of drug-likeness (QED) is 0.270. The van der Waals surface area contributed by atoms with Crippen LogP contribution in [0, 0.1) is 0 Å². The number of anilines is 1. The SMILES string of the molecule is CCN(C(=O)[C@H](C)Sc1nc2cc3ccccc3cc2c(=O)n1C)c1ccccc1. The second-order valence-electron chi connectivity index (χ2n) is 7.15. The van der Waals surface area contributed by atoms with Gasteiger partial charge in [0.25, 0.3) is 5.56 Å². The van der Waals surface area contributed by atoms with E-state index in [1.54, 1.807) is 11.9 Å². The largest absolute Gasteiger partial charge is 0.312 e. The van der Waals surface area contributed by atoms with Crippen LogP contribution in [0.25, 0.3) is 21.7 Å². The molecule has 3 aromatic carbocycles. The molecule has 4 rings (SSSR count). The van der Waals surface area contributed by atoms with Crippen LogP contribution in [0.1, 0.15) is 13.8 Å². The van der Waals surface area contributed by atoms with Crippen molar-refractivity contribution in [2.45, 2.75) is 24.3 Å². The highest BCUT2D eigenvalue weighted by Gasteiger charge is 2.23. The van der Waals surface area contributed by atoms with Gasteiger partial charge in [0.15, 0.2) is 5.16 Å². The number of thioether (sulfide) groups is 1. The van der Waals surface area contributed by atoms with Crippen molar-refractivity contribution in [2.75, 3.05) is 11.4 Å². The average Bonchev–Trinajstić information content (AvgIpc) is 2.77. The number of nitrogens with zero attached hydrogens (tertiary/aromatic N) is 3. The number of hydrogen-bond acceptors (Lipinski definition) is 4. The molecule has 1 aromatic heterocycles. The molecule has 6 heteroatoms. The number of carbonyl (C=O) groups is 1. The van der Waals surface area contributed by atoms with Gasteiger partial charge in [-0.1, -0.05) is 54.2 Å². The first-order valence-electron chi connectivity index (χ1n) is 9.92. The lowest BCUT2D eigenvalue weighted by Crippen LogP contribution is -2.36. The van der Waals surface area contributed by atoms with Gasteiger partial charge in [-0.2, -0.15) is 0 Å². The molecule has 1 atom stereocenters. The van der Waals surface area contributed by atoms with Crippen LogP contribution in [0.2, 0.25) is 0 Å². The number of benzene rings is 3. The van der Waals surface area contributed by atoms with E-state index in [4.69, 9.17) is 4.98 Å². The van der Waals surface area contributed by atoms with Gasteiger partial charge >= 0.3 is 0 Å². The molecule has 5 nitrogen and oxygen atoms in total. The zero-order valence-corrected chi connectivity index (χ0v) is 18.0. The molecule has 0 saturated heterocycles. The van der Waals surface area contributed by atoms with Crippen LogP contribution in [0.3, 0.4) is 0 Å². The monoisotopic (exact) mass is 417 g/mol. The van der Waals surface area contributed by atoms with E-state index in [0.29, 0.717) is 22.6 Å². The molecule has 1 amide bonds. The van der Waals surface area contributed by atoms with E-state index in [2.05, 4.69) is 0 Å². The molecule has 0 N–H and O–H groups in total. The van der Waals surface area contributed by atoms with E-state index in [-0.39, 0.29) is 16.7 Å². The highest BCUT2D eigenvalue weighted by atomic mass is 32.2. The van der Waals surface area contributed by atoms with E-state index in [0.717, 1.165) is 16.5 Å². The highest BCUT2D eigenvalue weighted by molar-refractivity contribution is 8.00. The molecule has 0 unspecified atom stereocenters. The van der Waals surface area contributed by atoms with Crippen LogP contribution in [-0.4, -0.2) is 27.3 Å². The number of fused-ring (bicyclic) bond motifs is 2. The van der Waals surface area contributed by atoms with Crippen molar-refractivity contribution in [2.24, 2.45) is 7.05 Å². The van der Waals surface area contributed by atoms with Gasteiger partial charge in [-0.25, -0.2) is 4.98 Å². The zero-order chi connectivity index (χ0) is 21.3. The maximum atomic E-state index is 13.1. The Balaban J connectivity index is 1.69. The summed E-state index contributed by atoms with van der Waals surface area (Å²) in [5, 5.41) is 2.77. The molecule has 4 aromatic rings. The van der Waals surface area contributed by atoms with E-state index >= 15 is 0 Å². The van der Waals surface area contributed by atoms with Gasteiger partial charge in [0.05, 0.1) is 16.2 Å². The van der Waals surface area contributed by atoms with Crippen molar-refractivity contribution >= 4 is 45.0 Å². The molecular weight excluding hydrogens is 394 g/mol. The number of amides is 1. The van der Waals surface area contributed by atoms with Crippen LogP contribution in [0.4, 0.5) is 5.69 Å². The summed E-state index contributed by atoms with van der Waals surface area (Å²) in [5.41, 5.74) is 1.40. The molecule has 0 aliphatic carbocycles. The van der Waals surface area contributed by atoms with E-state index in [1.165, 1.54) is 16.3 Å². The molecule has 0 saturated carbocycles. The predicted molar refractivity (Wildman–Crippen MR) is 124 cm³/mol. The van der Waals surface area contributed by atoms with Crippen molar-refractivity contribution in [3.8, 4) is 0 Å². The summed E-state index contributed by atoms with van der Waals surface area (Å²) < 4.78 is 1.53. The van der Waals surface area contributed by atoms with Crippen LogP contribution in [-0.2, 0) is 11.8 Å². The number of carbonyl (C=O) groups excluding carboxylic acids is 1. The van der Waals surface area contributed by atoms with Crippen LogP contribution in [0.5, 0.6) is 0 Å². The topological polar surface area (TPSA) is 55.2 Å². The third-order valence-electron chi connectivity index (χ3n) is 5.18. The lowest BCUT2D eigenvalue weighted by molar-refractivity contribution is -0.117. The van der Waals surface area contributed by atoms with Crippen molar-refractivity contribution in [1.29, 1.82) is 0 Å². The second-order valence-corrected chi connectivity index (χ2v) is 8.46. The van der Waals surface area contributed by atoms with Crippen molar-refractivity contribution < 1.29 is 4.79 Å². The Bertz CT molecular complexity index is 1280. The minimum absolute atomic E-state index is 0.0124. The molecule has 0 aliphatic rings. The number of rotatable bonds is 5. The minimum atomic E-state index is -0.388. The van der Waals surface area contributed by atoms with Gasteiger partial charge in [0.2, 0.25) is 5.91 Å². The normalized spacial score (nSPS) is 12.2. The van der Waals surface area contributed by atoms with Gasteiger partial charge in [0, 0.05) is 19.3 Å². The Morgan fingerprint density at radius 1 is 1.07 bits per heavy atom. The summed E-state index contributed by atoms with van der Waals surface area (Å²) in [6.45, 7) is 4.39.